The van der Waals surface area contributed by atoms with Crippen molar-refractivity contribution in [3.05, 3.63) is 23.2 Å². The van der Waals surface area contributed by atoms with Crippen LogP contribution in [0.5, 0.6) is 0 Å². The molecule has 1 heterocycles. The Bertz CT molecular complexity index is 414. The van der Waals surface area contributed by atoms with Gasteiger partial charge >= 0.3 is 7.12 Å². The molecule has 0 radical (unpaired) electrons. The Balaban J connectivity index is 3.11. The molecule has 18 heavy (non-hydrogen) atoms. The number of nitriles is 1. The Hall–Kier alpha value is -1.05. The summed E-state index contributed by atoms with van der Waals surface area (Å²) in [7, 11) is -0.430. The van der Waals surface area contributed by atoms with E-state index in [0.717, 1.165) is 16.6 Å². The normalized spacial score (nSPS) is 22.4. The minimum absolute atomic E-state index is 0.367. The molecule has 0 aromatic rings. The lowest BCUT2D eigenvalue weighted by Crippen LogP contribution is -2.41. The van der Waals surface area contributed by atoms with Gasteiger partial charge in [0.2, 0.25) is 0 Å². The Morgan fingerprint density at radius 3 is 1.94 bits per heavy atom. The van der Waals surface area contributed by atoms with Crippen molar-refractivity contribution in [2.75, 3.05) is 0 Å². The summed E-state index contributed by atoms with van der Waals surface area (Å²) in [5, 5.41) is 8.82. The first-order valence-corrected chi connectivity index (χ1v) is 6.20. The maximum absolute atomic E-state index is 8.82. The minimum Gasteiger partial charge on any atom is -0.399 e. The van der Waals surface area contributed by atoms with Crippen molar-refractivity contribution >= 4 is 7.12 Å². The number of allylic oxidation sites excluding steroid dienone is 3. The molecule has 0 bridgehead atoms. The van der Waals surface area contributed by atoms with E-state index in [9.17, 15) is 0 Å². The summed E-state index contributed by atoms with van der Waals surface area (Å²) in [6, 6.07) is 2.16. The topological polar surface area (TPSA) is 42.2 Å². The molecule has 4 heteroatoms. The van der Waals surface area contributed by atoms with Crippen LogP contribution in [0.25, 0.3) is 0 Å². The molecule has 0 aromatic heterocycles. The standard InChI is InChI=1S/C14H22BNO2/c1-10(2)12(11(3)8-9-16)15-17-13(4,5)14(6,7)18-15/h1,8H2,2-7H3/b12-11+. The summed E-state index contributed by atoms with van der Waals surface area (Å²) >= 11 is 0. The molecule has 3 nitrogen and oxygen atoms in total. The van der Waals surface area contributed by atoms with Gasteiger partial charge in [0.05, 0.1) is 23.7 Å². The Morgan fingerprint density at radius 1 is 1.17 bits per heavy atom. The lowest BCUT2D eigenvalue weighted by molar-refractivity contribution is 0.00578. The largest absolute Gasteiger partial charge is 0.495 e. The number of hydrogen-bond acceptors (Lipinski definition) is 3. The van der Waals surface area contributed by atoms with Gasteiger partial charge in [-0.3, -0.25) is 0 Å². The zero-order chi connectivity index (χ0) is 14.1. The first kappa shape index (κ1) is 15.0. The summed E-state index contributed by atoms with van der Waals surface area (Å²) in [5.41, 5.74) is 2.02. The fraction of sp³-hybridized carbons (Fsp3) is 0.643. The SMILES string of the molecule is C=C(C)/C(B1OC(C)(C)C(C)(C)O1)=C(/C)CC#N. The van der Waals surface area contributed by atoms with Gasteiger partial charge in [0, 0.05) is 0 Å². The fourth-order valence-corrected chi connectivity index (χ4v) is 1.94. The van der Waals surface area contributed by atoms with Crippen LogP contribution in [0, 0.1) is 11.3 Å². The van der Waals surface area contributed by atoms with E-state index in [-0.39, 0.29) is 11.2 Å². The quantitative estimate of drug-likeness (QED) is 0.566. The summed E-state index contributed by atoms with van der Waals surface area (Å²) in [6.45, 7) is 15.9. The Morgan fingerprint density at radius 2 is 1.61 bits per heavy atom. The molecule has 0 aromatic carbocycles. The van der Waals surface area contributed by atoms with Gasteiger partial charge in [-0.05, 0) is 47.0 Å². The average Bonchev–Trinajstić information content (AvgIpc) is 2.34. The maximum atomic E-state index is 8.82. The van der Waals surface area contributed by atoms with Crippen LogP contribution in [-0.2, 0) is 9.31 Å². The van der Waals surface area contributed by atoms with E-state index in [1.165, 1.54) is 0 Å². The molecule has 1 rings (SSSR count). The van der Waals surface area contributed by atoms with Crippen molar-refractivity contribution in [3.63, 3.8) is 0 Å². The van der Waals surface area contributed by atoms with Crippen molar-refractivity contribution in [2.45, 2.75) is 59.2 Å². The van der Waals surface area contributed by atoms with Gasteiger partial charge in [-0.2, -0.15) is 5.26 Å². The van der Waals surface area contributed by atoms with Crippen LogP contribution in [-0.4, -0.2) is 18.3 Å². The summed E-state index contributed by atoms with van der Waals surface area (Å²) in [6.07, 6.45) is 0.367. The molecule has 0 atom stereocenters. The molecule has 0 N–H and O–H groups in total. The molecule has 98 valence electrons. The third-order valence-electron chi connectivity index (χ3n) is 3.75. The molecule has 0 unspecified atom stereocenters. The van der Waals surface area contributed by atoms with E-state index in [2.05, 4.69) is 12.6 Å². The highest BCUT2D eigenvalue weighted by Gasteiger charge is 2.52. The monoisotopic (exact) mass is 247 g/mol. The summed E-state index contributed by atoms with van der Waals surface area (Å²) in [4.78, 5) is 0. The van der Waals surface area contributed by atoms with Crippen LogP contribution in [0.2, 0.25) is 0 Å². The van der Waals surface area contributed by atoms with E-state index < -0.39 is 7.12 Å². The van der Waals surface area contributed by atoms with Gasteiger partial charge < -0.3 is 9.31 Å². The molecule has 1 aliphatic rings. The number of rotatable bonds is 3. The van der Waals surface area contributed by atoms with Crippen molar-refractivity contribution in [3.8, 4) is 6.07 Å². The van der Waals surface area contributed by atoms with Gasteiger partial charge in [-0.15, -0.1) is 0 Å². The van der Waals surface area contributed by atoms with E-state index >= 15 is 0 Å². The summed E-state index contributed by atoms with van der Waals surface area (Å²) < 4.78 is 12.0. The van der Waals surface area contributed by atoms with Crippen molar-refractivity contribution in [1.29, 1.82) is 5.26 Å². The maximum Gasteiger partial charge on any atom is 0.495 e. The van der Waals surface area contributed by atoms with Crippen LogP contribution in [0.4, 0.5) is 0 Å². The van der Waals surface area contributed by atoms with Crippen molar-refractivity contribution in [2.24, 2.45) is 0 Å². The second-order valence-corrected chi connectivity index (χ2v) is 5.90. The highest BCUT2D eigenvalue weighted by atomic mass is 16.7. The van der Waals surface area contributed by atoms with Crippen LogP contribution in [0.1, 0.15) is 48.0 Å². The second kappa shape index (κ2) is 4.91. The van der Waals surface area contributed by atoms with Gasteiger partial charge in [0.25, 0.3) is 0 Å². The Labute approximate surface area is 111 Å². The predicted molar refractivity (Wildman–Crippen MR) is 73.8 cm³/mol. The number of hydrogen-bond donors (Lipinski definition) is 0. The average molecular weight is 247 g/mol. The van der Waals surface area contributed by atoms with Crippen LogP contribution in [0.15, 0.2) is 23.2 Å². The number of nitrogens with zero attached hydrogens (tertiary/aromatic N) is 1. The smallest absolute Gasteiger partial charge is 0.399 e. The first-order valence-electron chi connectivity index (χ1n) is 6.20. The molecule has 0 amide bonds. The third-order valence-corrected chi connectivity index (χ3v) is 3.75. The Kier molecular flexibility index (Phi) is 4.10. The van der Waals surface area contributed by atoms with Crippen LogP contribution >= 0.6 is 0 Å². The lowest BCUT2D eigenvalue weighted by atomic mass is 9.71. The lowest BCUT2D eigenvalue weighted by Gasteiger charge is -2.32. The molecule has 1 aliphatic heterocycles. The van der Waals surface area contributed by atoms with Gasteiger partial charge in [0.15, 0.2) is 0 Å². The zero-order valence-corrected chi connectivity index (χ0v) is 12.3. The van der Waals surface area contributed by atoms with E-state index in [4.69, 9.17) is 14.6 Å². The molecular weight excluding hydrogens is 225 g/mol. The van der Waals surface area contributed by atoms with E-state index in [0.29, 0.717) is 6.42 Å². The molecule has 0 spiro atoms. The van der Waals surface area contributed by atoms with Crippen LogP contribution in [0.3, 0.4) is 0 Å². The fourth-order valence-electron chi connectivity index (χ4n) is 1.94. The van der Waals surface area contributed by atoms with E-state index in [1.807, 2.05) is 41.5 Å². The second-order valence-electron chi connectivity index (χ2n) is 5.90. The van der Waals surface area contributed by atoms with Crippen LogP contribution < -0.4 is 0 Å². The highest BCUT2D eigenvalue weighted by Crippen LogP contribution is 2.40. The molecular formula is C14H22BNO2. The molecule has 0 saturated carbocycles. The third kappa shape index (κ3) is 2.68. The molecule has 0 aliphatic carbocycles. The van der Waals surface area contributed by atoms with Crippen molar-refractivity contribution < 1.29 is 9.31 Å². The molecule has 1 fully saturated rings. The van der Waals surface area contributed by atoms with Crippen molar-refractivity contribution in [1.82, 2.24) is 0 Å². The van der Waals surface area contributed by atoms with Gasteiger partial charge in [-0.1, -0.05) is 17.7 Å². The highest BCUT2D eigenvalue weighted by molar-refractivity contribution is 6.56. The first-order chi connectivity index (χ1) is 8.12. The minimum atomic E-state index is -0.430. The van der Waals surface area contributed by atoms with E-state index in [1.54, 1.807) is 0 Å². The predicted octanol–water partition coefficient (Wildman–Crippen LogP) is 3.42. The zero-order valence-electron chi connectivity index (χ0n) is 12.3. The summed E-state index contributed by atoms with van der Waals surface area (Å²) in [5.74, 6) is 0. The van der Waals surface area contributed by atoms with Gasteiger partial charge in [-0.25, -0.2) is 0 Å². The van der Waals surface area contributed by atoms with Gasteiger partial charge in [0.1, 0.15) is 0 Å². The molecule has 1 saturated heterocycles.